The second kappa shape index (κ2) is 15.7. The van der Waals surface area contributed by atoms with Crippen molar-refractivity contribution in [2.45, 2.75) is 25.3 Å². The Morgan fingerprint density at radius 1 is 0.449 bits per heavy atom. The molecule has 0 spiro atoms. The summed E-state index contributed by atoms with van der Waals surface area (Å²) in [6, 6.07) is 55.4. The topological polar surface area (TPSA) is 98.7 Å². The Morgan fingerprint density at radius 3 is 1.08 bits per heavy atom. The molecule has 4 N–H and O–H groups in total. The average Bonchev–Trinajstić information content (AvgIpc) is 3.17. The van der Waals surface area contributed by atoms with Crippen molar-refractivity contribution in [1.29, 1.82) is 0 Å². The molecule has 2 atom stereocenters. The van der Waals surface area contributed by atoms with Crippen LogP contribution in [0.25, 0.3) is 0 Å². The Labute approximate surface area is 287 Å². The molecule has 0 saturated heterocycles. The molecule has 0 bridgehead atoms. The fourth-order valence-corrected chi connectivity index (χ4v) is 11.3. The summed E-state index contributed by atoms with van der Waals surface area (Å²) < 4.78 is 0. The monoisotopic (exact) mass is 666 g/mol. The maximum atomic E-state index is 13.1. The second-order valence-corrected chi connectivity index (χ2v) is 15.8. The zero-order chi connectivity index (χ0) is 34.1. The van der Waals surface area contributed by atoms with Gasteiger partial charge in [-0.15, -0.1) is 0 Å². The summed E-state index contributed by atoms with van der Waals surface area (Å²) >= 11 is 0. The summed E-state index contributed by atoms with van der Waals surface area (Å²) in [5.41, 5.74) is 2.66. The van der Waals surface area contributed by atoms with Gasteiger partial charge >= 0.3 is 288 Å². The molecule has 0 fully saturated rings. The van der Waals surface area contributed by atoms with Crippen LogP contribution in [0.4, 0.5) is 0 Å². The van der Waals surface area contributed by atoms with Crippen molar-refractivity contribution in [3.8, 4) is 0 Å². The van der Waals surface area contributed by atoms with Crippen molar-refractivity contribution in [2.24, 2.45) is 0 Å². The number of benzene rings is 6. The summed E-state index contributed by atoms with van der Waals surface area (Å²) in [4.78, 5) is 26.3. The number of nitrogens with one attached hydrogen (secondary N) is 2. The Balaban J connectivity index is 1.44. The van der Waals surface area contributed by atoms with Crippen molar-refractivity contribution in [1.82, 2.24) is 10.6 Å². The molecule has 0 aliphatic carbocycles. The normalized spacial score (nSPS) is 12.8. The Morgan fingerprint density at radius 2 is 0.755 bits per heavy atom. The van der Waals surface area contributed by atoms with E-state index in [9.17, 15) is 19.8 Å². The Kier molecular flexibility index (Phi) is 10.7. The Hall–Kier alpha value is -5.39. The summed E-state index contributed by atoms with van der Waals surface area (Å²) in [7, 11) is -2.95. The van der Waals surface area contributed by atoms with E-state index in [4.69, 9.17) is 0 Å². The third-order valence-electron chi connectivity index (χ3n) is 8.77. The van der Waals surface area contributed by atoms with E-state index in [0.717, 1.165) is 16.4 Å². The van der Waals surface area contributed by atoms with Crippen molar-refractivity contribution in [3.05, 3.63) is 192 Å². The van der Waals surface area contributed by atoms with Gasteiger partial charge in [0.2, 0.25) is 0 Å². The quantitative estimate of drug-likeness (QED) is 0.142. The van der Waals surface area contributed by atoms with Crippen LogP contribution in [0.5, 0.6) is 0 Å². The molecule has 0 heterocycles. The van der Waals surface area contributed by atoms with Gasteiger partial charge in [-0.1, -0.05) is 0 Å². The van der Waals surface area contributed by atoms with Crippen LogP contribution in [0.3, 0.4) is 0 Å². The fourth-order valence-electron chi connectivity index (χ4n) is 6.39. The first-order valence-electron chi connectivity index (χ1n) is 16.3. The first kappa shape index (κ1) is 33.5. The fraction of sp³-hybridized carbons (Fsp3) is 0.0952. The summed E-state index contributed by atoms with van der Waals surface area (Å²) in [6.07, 6.45) is -2.62. The molecule has 0 aliphatic rings. The number of carbonyl (C=O) groups is 2. The first-order chi connectivity index (χ1) is 24.0. The minimum absolute atomic E-state index is 0.160. The van der Waals surface area contributed by atoms with Crippen molar-refractivity contribution < 1.29 is 19.8 Å². The summed E-state index contributed by atoms with van der Waals surface area (Å²) in [6.45, 7) is 0.319. The van der Waals surface area contributed by atoms with Gasteiger partial charge in [0.25, 0.3) is 0 Å². The van der Waals surface area contributed by atoms with Crippen LogP contribution in [-0.2, 0) is 22.7 Å². The van der Waals surface area contributed by atoms with Gasteiger partial charge < -0.3 is 0 Å². The molecule has 6 aromatic carbocycles. The van der Waals surface area contributed by atoms with Gasteiger partial charge in [-0.25, -0.2) is 0 Å². The van der Waals surface area contributed by atoms with Crippen LogP contribution in [0, 0.1) is 0 Å². The second-order valence-electron chi connectivity index (χ2n) is 11.9. The summed E-state index contributed by atoms with van der Waals surface area (Å²) in [5.74, 6) is -1.01. The van der Waals surface area contributed by atoms with Crippen molar-refractivity contribution >= 4 is 40.3 Å². The van der Waals surface area contributed by atoms with Gasteiger partial charge in [0.15, 0.2) is 0 Å². The molecular weight excluding hydrogens is 627 g/mol. The van der Waals surface area contributed by atoms with E-state index in [1.54, 1.807) is 48.5 Å². The standard InChI is InChI=1S/C42H39N2O4P/c45-39(33-16-6-1-7-17-33)41(47)43-29-31-26-32(30-44-42(48)40(46)34-18-8-2-9-19-34)28-38(27-31)49(35-20-10-3-11-21-35,36-22-12-4-13-23-36)37-24-14-5-15-25-37/h1-28,39-40,45-46,49H,29-30H2,(H,43,47)(H,44,48)/t39-,40-/m0/s1. The third kappa shape index (κ3) is 7.53. The number of aliphatic hydroxyl groups is 2. The van der Waals surface area contributed by atoms with Gasteiger partial charge in [0.05, 0.1) is 0 Å². The van der Waals surface area contributed by atoms with Crippen LogP contribution in [0.2, 0.25) is 0 Å². The average molecular weight is 667 g/mol. The van der Waals surface area contributed by atoms with E-state index < -0.39 is 31.3 Å². The van der Waals surface area contributed by atoms with E-state index in [1.807, 2.05) is 36.4 Å². The van der Waals surface area contributed by atoms with Crippen LogP contribution in [-0.4, -0.2) is 22.0 Å². The molecule has 0 unspecified atom stereocenters. The Bertz CT molecular complexity index is 1800. The minimum atomic E-state index is -2.95. The number of aliphatic hydroxyl groups excluding tert-OH is 2. The molecule has 0 radical (unpaired) electrons. The van der Waals surface area contributed by atoms with E-state index in [2.05, 4.69) is 95.6 Å². The van der Waals surface area contributed by atoms with Gasteiger partial charge in [0.1, 0.15) is 0 Å². The zero-order valence-corrected chi connectivity index (χ0v) is 27.9. The van der Waals surface area contributed by atoms with Gasteiger partial charge in [-0.2, -0.15) is 0 Å². The number of carbonyl (C=O) groups excluding carboxylic acids is 2. The van der Waals surface area contributed by atoms with Crippen LogP contribution in [0.1, 0.15) is 34.5 Å². The summed E-state index contributed by atoms with van der Waals surface area (Å²) in [5, 5.41) is 32.0. The maximum absolute atomic E-state index is 13.1. The zero-order valence-electron chi connectivity index (χ0n) is 26.9. The molecule has 6 aromatic rings. The molecule has 0 aromatic heterocycles. The SMILES string of the molecule is O=C(NCc1cc(CNC(=O)[C@@H](O)c2ccccc2)cc([PH](c2ccccc2)(c2ccccc2)c2ccccc2)c1)[C@@H](O)c1ccccc1. The van der Waals surface area contributed by atoms with Crippen molar-refractivity contribution in [2.75, 3.05) is 0 Å². The predicted molar refractivity (Wildman–Crippen MR) is 199 cm³/mol. The van der Waals surface area contributed by atoms with Gasteiger partial charge in [-0.3, -0.25) is 0 Å². The predicted octanol–water partition coefficient (Wildman–Crippen LogP) is 4.74. The van der Waals surface area contributed by atoms with E-state index >= 15 is 0 Å². The van der Waals surface area contributed by atoms with Crippen molar-refractivity contribution in [3.63, 3.8) is 0 Å². The van der Waals surface area contributed by atoms with Gasteiger partial charge in [-0.05, 0) is 0 Å². The molecule has 6 rings (SSSR count). The third-order valence-corrected chi connectivity index (χ3v) is 13.5. The molecule has 0 aliphatic heterocycles. The van der Waals surface area contributed by atoms with Gasteiger partial charge in [0, 0.05) is 0 Å². The number of hydrogen-bond donors (Lipinski definition) is 4. The molecule has 246 valence electrons. The molecule has 2 amide bonds. The van der Waals surface area contributed by atoms with Crippen LogP contribution < -0.4 is 31.9 Å². The molecule has 7 heteroatoms. The molecule has 6 nitrogen and oxygen atoms in total. The molecule has 0 saturated carbocycles. The molecular formula is C42H39N2O4P. The van der Waals surface area contributed by atoms with Crippen LogP contribution in [0.15, 0.2) is 170 Å². The molecule has 49 heavy (non-hydrogen) atoms. The van der Waals surface area contributed by atoms with E-state index in [-0.39, 0.29) is 13.1 Å². The van der Waals surface area contributed by atoms with E-state index in [0.29, 0.717) is 11.1 Å². The number of rotatable bonds is 12. The first-order valence-corrected chi connectivity index (χ1v) is 18.3. The van der Waals surface area contributed by atoms with E-state index in [1.165, 1.54) is 15.9 Å². The number of hydrogen-bond acceptors (Lipinski definition) is 4. The van der Waals surface area contributed by atoms with Crippen LogP contribution >= 0.6 is 7.26 Å². The number of amides is 2.